The molecule has 2 aliphatic rings. The Balaban J connectivity index is 0.00000169. The van der Waals surface area contributed by atoms with Gasteiger partial charge in [-0.05, 0) is 62.2 Å². The van der Waals surface area contributed by atoms with Crippen molar-refractivity contribution in [1.29, 1.82) is 0 Å². The zero-order chi connectivity index (χ0) is 15.6. The number of aromatic nitrogens is 3. The average molecular weight is 368 g/mol. The maximum absolute atomic E-state index is 12.5. The topological polar surface area (TPSA) is 71.8 Å². The summed E-state index contributed by atoms with van der Waals surface area (Å²) in [5.74, 6) is -0.116. The molecule has 130 valence electrons. The monoisotopic (exact) mass is 367 g/mol. The molecular weight excluding hydrogens is 346 g/mol. The van der Waals surface area contributed by atoms with Crippen LogP contribution in [0.2, 0.25) is 0 Å². The van der Waals surface area contributed by atoms with E-state index in [1.807, 2.05) is 4.68 Å². The minimum atomic E-state index is -0.116. The second-order valence-electron chi connectivity index (χ2n) is 6.28. The van der Waals surface area contributed by atoms with Gasteiger partial charge in [-0.15, -0.1) is 28.8 Å². The van der Waals surface area contributed by atoms with Crippen molar-refractivity contribution in [3.05, 3.63) is 33.8 Å². The van der Waals surface area contributed by atoms with Crippen molar-refractivity contribution in [2.24, 2.45) is 0 Å². The smallest absolute Gasteiger partial charge is 0.273 e. The molecule has 4 rings (SSSR count). The van der Waals surface area contributed by atoms with Crippen molar-refractivity contribution >= 4 is 29.7 Å². The lowest BCUT2D eigenvalue weighted by Crippen LogP contribution is -2.31. The number of halogens is 1. The third-order valence-corrected chi connectivity index (χ3v) is 5.78. The summed E-state index contributed by atoms with van der Waals surface area (Å²) in [6.07, 6.45) is 7.11. The van der Waals surface area contributed by atoms with Crippen molar-refractivity contribution < 1.29 is 4.79 Å². The fraction of sp³-hybridized carbons (Fsp3) is 0.562. The Bertz CT molecular complexity index is 694. The lowest BCUT2D eigenvalue weighted by atomic mass is 9.94. The van der Waals surface area contributed by atoms with Crippen LogP contribution in [0, 0.1) is 0 Å². The summed E-state index contributed by atoms with van der Waals surface area (Å²) >= 11 is 1.79. The number of fused-ring (bicyclic) bond motifs is 1. The molecule has 1 amide bonds. The molecule has 0 saturated carbocycles. The van der Waals surface area contributed by atoms with E-state index in [-0.39, 0.29) is 24.4 Å². The second-order valence-corrected chi connectivity index (χ2v) is 7.28. The quantitative estimate of drug-likeness (QED) is 0.874. The molecule has 2 N–H and O–H groups in total. The first kappa shape index (κ1) is 17.4. The van der Waals surface area contributed by atoms with Gasteiger partial charge in [-0.25, -0.2) is 4.68 Å². The standard InChI is InChI=1S/C16H21N5OS.ClH/c22-16(18-13-2-1-3-15-12(13)6-9-23-15)14-10-21(20-19-14)11-4-7-17-8-5-11;/h6,9-11,13,17H,1-5,7-8H2,(H,18,22);1H. The molecule has 0 radical (unpaired) electrons. The lowest BCUT2D eigenvalue weighted by Gasteiger charge is -2.23. The maximum Gasteiger partial charge on any atom is 0.273 e. The zero-order valence-electron chi connectivity index (χ0n) is 13.4. The number of carbonyl (C=O) groups excluding carboxylic acids is 1. The van der Waals surface area contributed by atoms with Gasteiger partial charge in [0.2, 0.25) is 0 Å². The van der Waals surface area contributed by atoms with Crippen LogP contribution >= 0.6 is 23.7 Å². The Morgan fingerprint density at radius 3 is 3.00 bits per heavy atom. The molecule has 1 atom stereocenters. The summed E-state index contributed by atoms with van der Waals surface area (Å²) in [5, 5.41) is 16.8. The summed E-state index contributed by atoms with van der Waals surface area (Å²) in [5.41, 5.74) is 1.70. The number of nitrogens with zero attached hydrogens (tertiary/aromatic N) is 3. The maximum atomic E-state index is 12.5. The number of carbonyl (C=O) groups is 1. The number of thiophene rings is 1. The predicted octanol–water partition coefficient (Wildman–Crippen LogP) is 2.49. The van der Waals surface area contributed by atoms with E-state index in [0.29, 0.717) is 11.7 Å². The molecule has 2 aromatic heterocycles. The summed E-state index contributed by atoms with van der Waals surface area (Å²) in [7, 11) is 0. The molecule has 0 spiro atoms. The van der Waals surface area contributed by atoms with Crippen molar-refractivity contribution in [2.45, 2.75) is 44.2 Å². The molecule has 0 bridgehead atoms. The van der Waals surface area contributed by atoms with Gasteiger partial charge < -0.3 is 10.6 Å². The van der Waals surface area contributed by atoms with Crippen LogP contribution in [0.4, 0.5) is 0 Å². The molecule has 1 aliphatic carbocycles. The van der Waals surface area contributed by atoms with Gasteiger partial charge in [0, 0.05) is 4.88 Å². The van der Waals surface area contributed by atoms with Crippen LogP contribution in [-0.2, 0) is 6.42 Å². The summed E-state index contributed by atoms with van der Waals surface area (Å²) in [4.78, 5) is 13.9. The minimum absolute atomic E-state index is 0. The van der Waals surface area contributed by atoms with E-state index in [2.05, 4.69) is 32.4 Å². The Labute approximate surface area is 151 Å². The number of nitrogens with one attached hydrogen (secondary N) is 2. The fourth-order valence-corrected chi connectivity index (χ4v) is 4.49. The first-order chi connectivity index (χ1) is 11.3. The summed E-state index contributed by atoms with van der Waals surface area (Å²) in [6, 6.07) is 2.60. The number of aryl methyl sites for hydroxylation is 1. The molecule has 6 nitrogen and oxygen atoms in total. The molecule has 1 fully saturated rings. The molecular formula is C16H22ClN5OS. The van der Waals surface area contributed by atoms with Crippen molar-refractivity contribution in [3.63, 3.8) is 0 Å². The van der Waals surface area contributed by atoms with Crippen LogP contribution in [-0.4, -0.2) is 34.0 Å². The minimum Gasteiger partial charge on any atom is -0.344 e. The molecule has 0 aromatic carbocycles. The first-order valence-corrected chi connectivity index (χ1v) is 9.19. The molecule has 1 aliphatic heterocycles. The van der Waals surface area contributed by atoms with Gasteiger partial charge >= 0.3 is 0 Å². The highest BCUT2D eigenvalue weighted by molar-refractivity contribution is 7.10. The third-order valence-electron chi connectivity index (χ3n) is 4.78. The number of amides is 1. The SMILES string of the molecule is Cl.O=C(NC1CCCc2sccc21)c1cn(C2CCNCC2)nn1. The van der Waals surface area contributed by atoms with E-state index in [9.17, 15) is 4.79 Å². The van der Waals surface area contributed by atoms with Crippen LogP contribution in [0.5, 0.6) is 0 Å². The largest absolute Gasteiger partial charge is 0.344 e. The number of hydrogen-bond donors (Lipinski definition) is 2. The molecule has 1 unspecified atom stereocenters. The van der Waals surface area contributed by atoms with Crippen LogP contribution in [0.15, 0.2) is 17.6 Å². The van der Waals surface area contributed by atoms with E-state index < -0.39 is 0 Å². The number of rotatable bonds is 3. The van der Waals surface area contributed by atoms with Gasteiger partial charge in [-0.3, -0.25) is 4.79 Å². The van der Waals surface area contributed by atoms with Gasteiger partial charge in [-0.1, -0.05) is 5.21 Å². The first-order valence-electron chi connectivity index (χ1n) is 8.31. The average Bonchev–Trinajstić information content (AvgIpc) is 3.25. The van der Waals surface area contributed by atoms with Gasteiger partial charge in [0.25, 0.3) is 5.91 Å². The van der Waals surface area contributed by atoms with Crippen molar-refractivity contribution in [3.8, 4) is 0 Å². The number of piperidine rings is 1. The molecule has 24 heavy (non-hydrogen) atoms. The molecule has 8 heteroatoms. The lowest BCUT2D eigenvalue weighted by molar-refractivity contribution is 0.0927. The van der Waals surface area contributed by atoms with Crippen LogP contribution in [0.25, 0.3) is 0 Å². The molecule has 1 saturated heterocycles. The normalized spacial score (nSPS) is 20.9. The van der Waals surface area contributed by atoms with Crippen molar-refractivity contribution in [1.82, 2.24) is 25.6 Å². The Kier molecular flexibility index (Phi) is 5.53. The number of hydrogen-bond acceptors (Lipinski definition) is 5. The highest BCUT2D eigenvalue weighted by Crippen LogP contribution is 2.33. The van der Waals surface area contributed by atoms with E-state index in [4.69, 9.17) is 0 Å². The van der Waals surface area contributed by atoms with Gasteiger partial charge in [-0.2, -0.15) is 0 Å². The highest BCUT2D eigenvalue weighted by atomic mass is 35.5. The van der Waals surface area contributed by atoms with E-state index in [0.717, 1.165) is 45.2 Å². The Hall–Kier alpha value is -1.44. The third kappa shape index (κ3) is 3.48. The van der Waals surface area contributed by atoms with Gasteiger partial charge in [0.15, 0.2) is 5.69 Å². The van der Waals surface area contributed by atoms with E-state index >= 15 is 0 Å². The van der Waals surface area contributed by atoms with Gasteiger partial charge in [0.1, 0.15) is 0 Å². The van der Waals surface area contributed by atoms with Crippen LogP contribution in [0.1, 0.15) is 58.7 Å². The van der Waals surface area contributed by atoms with E-state index in [1.165, 1.54) is 10.4 Å². The predicted molar refractivity (Wildman–Crippen MR) is 95.9 cm³/mol. The van der Waals surface area contributed by atoms with Gasteiger partial charge in [0.05, 0.1) is 18.3 Å². The van der Waals surface area contributed by atoms with Crippen molar-refractivity contribution in [2.75, 3.05) is 13.1 Å². The zero-order valence-corrected chi connectivity index (χ0v) is 15.0. The second kappa shape index (κ2) is 7.63. The Morgan fingerprint density at radius 2 is 2.17 bits per heavy atom. The summed E-state index contributed by atoms with van der Waals surface area (Å²) in [6.45, 7) is 1.99. The fourth-order valence-electron chi connectivity index (χ4n) is 3.50. The van der Waals surface area contributed by atoms with Crippen LogP contribution < -0.4 is 10.6 Å². The summed E-state index contributed by atoms with van der Waals surface area (Å²) < 4.78 is 1.85. The van der Waals surface area contributed by atoms with Crippen LogP contribution in [0.3, 0.4) is 0 Å². The van der Waals surface area contributed by atoms with E-state index in [1.54, 1.807) is 17.5 Å². The molecule has 2 aromatic rings. The Morgan fingerprint density at radius 1 is 1.33 bits per heavy atom. The highest BCUT2D eigenvalue weighted by Gasteiger charge is 2.25. The molecule has 3 heterocycles.